The Labute approximate surface area is 197 Å². The molecule has 0 radical (unpaired) electrons. The summed E-state index contributed by atoms with van der Waals surface area (Å²) in [6.07, 6.45) is 3.44. The Morgan fingerprint density at radius 2 is 1.34 bits per heavy atom. The standard InChI is InChI=1S/C24H38O6S2/c1-23(2,19-21(25)26)13-8-15-31(28)17-10-18-32(29)16-9-14-24(3,4)22(27)30-20-11-6-5-7-12-20/h5-7,11-12H,8-10,13-19H2,1-4H3,(H,25,26). The first-order valence-corrected chi connectivity index (χ1v) is 14.1. The van der Waals surface area contributed by atoms with Crippen molar-refractivity contribution in [1.82, 2.24) is 0 Å². The SMILES string of the molecule is CC(C)(CCCS(=O)CCCS(=O)CCCC(C)(C)C(=O)Oc1ccccc1)CC(=O)O. The summed E-state index contributed by atoms with van der Waals surface area (Å²) < 4.78 is 29.8. The molecule has 0 fully saturated rings. The van der Waals surface area contributed by atoms with E-state index in [-0.39, 0.29) is 17.8 Å². The lowest BCUT2D eigenvalue weighted by molar-refractivity contribution is -0.144. The van der Waals surface area contributed by atoms with E-state index in [9.17, 15) is 18.0 Å². The third-order valence-corrected chi connectivity index (χ3v) is 8.26. The number of para-hydroxylation sites is 1. The van der Waals surface area contributed by atoms with Crippen LogP contribution in [-0.4, -0.2) is 48.5 Å². The molecule has 32 heavy (non-hydrogen) atoms. The van der Waals surface area contributed by atoms with E-state index in [1.165, 1.54) is 0 Å². The van der Waals surface area contributed by atoms with Crippen LogP contribution in [0.3, 0.4) is 0 Å². The van der Waals surface area contributed by atoms with E-state index in [2.05, 4.69) is 0 Å². The number of rotatable bonds is 16. The summed E-state index contributed by atoms with van der Waals surface area (Å²) in [6, 6.07) is 8.96. The van der Waals surface area contributed by atoms with Gasteiger partial charge >= 0.3 is 11.9 Å². The topological polar surface area (TPSA) is 97.7 Å². The van der Waals surface area contributed by atoms with Gasteiger partial charge in [-0.25, -0.2) is 0 Å². The zero-order valence-corrected chi connectivity index (χ0v) is 21.4. The highest BCUT2D eigenvalue weighted by Crippen LogP contribution is 2.27. The first kappa shape index (κ1) is 28.5. The summed E-state index contributed by atoms with van der Waals surface area (Å²) in [6.45, 7) is 7.50. The zero-order valence-electron chi connectivity index (χ0n) is 19.8. The highest BCUT2D eigenvalue weighted by Gasteiger charge is 2.29. The molecule has 0 aliphatic carbocycles. The van der Waals surface area contributed by atoms with Crippen LogP contribution in [0, 0.1) is 10.8 Å². The van der Waals surface area contributed by atoms with Crippen molar-refractivity contribution in [3.8, 4) is 5.75 Å². The molecule has 0 amide bonds. The van der Waals surface area contributed by atoms with Crippen molar-refractivity contribution in [3.63, 3.8) is 0 Å². The van der Waals surface area contributed by atoms with Crippen LogP contribution in [0.2, 0.25) is 0 Å². The summed E-state index contributed by atoms with van der Waals surface area (Å²) >= 11 is 0. The van der Waals surface area contributed by atoms with Gasteiger partial charge in [-0.2, -0.15) is 0 Å². The number of esters is 1. The summed E-state index contributed by atoms with van der Waals surface area (Å²) in [7, 11) is -1.97. The lowest BCUT2D eigenvalue weighted by Gasteiger charge is -2.22. The number of benzene rings is 1. The summed E-state index contributed by atoms with van der Waals surface area (Å²) in [5.41, 5.74) is -0.950. The molecule has 1 N–H and O–H groups in total. The average Bonchev–Trinajstić information content (AvgIpc) is 2.67. The number of ether oxygens (including phenoxy) is 1. The molecule has 2 unspecified atom stereocenters. The second-order valence-corrected chi connectivity index (χ2v) is 13.0. The van der Waals surface area contributed by atoms with Crippen molar-refractivity contribution < 1.29 is 27.9 Å². The first-order valence-electron chi connectivity index (χ1n) is 11.1. The smallest absolute Gasteiger partial charge is 0.316 e. The molecule has 0 spiro atoms. The Hall–Kier alpha value is -1.54. The zero-order chi connectivity index (χ0) is 24.2. The van der Waals surface area contributed by atoms with E-state index in [0.29, 0.717) is 48.0 Å². The van der Waals surface area contributed by atoms with Gasteiger partial charge in [0.2, 0.25) is 0 Å². The number of hydrogen-bond acceptors (Lipinski definition) is 5. The fourth-order valence-electron chi connectivity index (χ4n) is 3.31. The fraction of sp³-hybridized carbons (Fsp3) is 0.667. The van der Waals surface area contributed by atoms with Crippen LogP contribution < -0.4 is 4.74 Å². The van der Waals surface area contributed by atoms with Gasteiger partial charge in [-0.1, -0.05) is 32.0 Å². The van der Waals surface area contributed by atoms with Crippen LogP contribution in [0.1, 0.15) is 66.2 Å². The number of carbonyl (C=O) groups is 2. The second-order valence-electron chi connectivity index (χ2n) is 9.58. The summed E-state index contributed by atoms with van der Waals surface area (Å²) in [5.74, 6) is 1.50. The number of carboxylic acid groups (broad SMARTS) is 1. The predicted octanol–water partition coefficient (Wildman–Crippen LogP) is 4.57. The minimum Gasteiger partial charge on any atom is -0.481 e. The van der Waals surface area contributed by atoms with Crippen LogP contribution in [0.25, 0.3) is 0 Å². The Morgan fingerprint density at radius 1 is 0.844 bits per heavy atom. The third-order valence-electron chi connectivity index (χ3n) is 5.28. The molecule has 6 nitrogen and oxygen atoms in total. The Morgan fingerprint density at radius 3 is 1.88 bits per heavy atom. The first-order chi connectivity index (χ1) is 14.9. The lowest BCUT2D eigenvalue weighted by atomic mass is 9.85. The minimum absolute atomic E-state index is 0.111. The molecule has 2 atom stereocenters. The Bertz CT molecular complexity index is 774. The van der Waals surface area contributed by atoms with Gasteiger partial charge in [0.1, 0.15) is 5.75 Å². The van der Waals surface area contributed by atoms with Gasteiger partial charge in [0.25, 0.3) is 0 Å². The molecule has 0 aliphatic rings. The van der Waals surface area contributed by atoms with E-state index < -0.39 is 33.0 Å². The van der Waals surface area contributed by atoms with Gasteiger partial charge in [-0.3, -0.25) is 18.0 Å². The molecule has 182 valence electrons. The van der Waals surface area contributed by atoms with Gasteiger partial charge in [-0.15, -0.1) is 0 Å². The van der Waals surface area contributed by atoms with Gasteiger partial charge < -0.3 is 9.84 Å². The van der Waals surface area contributed by atoms with Gasteiger partial charge in [0.15, 0.2) is 0 Å². The monoisotopic (exact) mass is 486 g/mol. The molecule has 8 heteroatoms. The van der Waals surface area contributed by atoms with Crippen LogP contribution in [0.15, 0.2) is 30.3 Å². The van der Waals surface area contributed by atoms with E-state index >= 15 is 0 Å². The van der Waals surface area contributed by atoms with Crippen LogP contribution in [0.4, 0.5) is 0 Å². The molecule has 1 aromatic rings. The summed E-state index contributed by atoms with van der Waals surface area (Å²) in [4.78, 5) is 23.2. The highest BCUT2D eigenvalue weighted by molar-refractivity contribution is 7.85. The predicted molar refractivity (Wildman–Crippen MR) is 131 cm³/mol. The van der Waals surface area contributed by atoms with E-state index in [1.54, 1.807) is 12.1 Å². The van der Waals surface area contributed by atoms with Gasteiger partial charge in [0.05, 0.1) is 11.8 Å². The molecular weight excluding hydrogens is 448 g/mol. The van der Waals surface area contributed by atoms with Crippen LogP contribution >= 0.6 is 0 Å². The summed E-state index contributed by atoms with van der Waals surface area (Å²) in [5, 5.41) is 8.91. The molecule has 0 aliphatic heterocycles. The highest BCUT2D eigenvalue weighted by atomic mass is 32.2. The number of carbonyl (C=O) groups excluding carboxylic acids is 1. The number of aliphatic carboxylic acids is 1. The number of hydrogen-bond donors (Lipinski definition) is 1. The van der Waals surface area contributed by atoms with Gasteiger partial charge in [0, 0.05) is 44.6 Å². The maximum absolute atomic E-state index is 12.4. The van der Waals surface area contributed by atoms with Crippen LogP contribution in [-0.2, 0) is 31.2 Å². The second kappa shape index (κ2) is 13.9. The molecule has 0 heterocycles. The quantitative estimate of drug-likeness (QED) is 0.272. The van der Waals surface area contributed by atoms with Crippen molar-refractivity contribution in [2.75, 3.05) is 23.0 Å². The average molecular weight is 487 g/mol. The molecule has 0 bridgehead atoms. The van der Waals surface area contributed by atoms with E-state index in [0.717, 1.165) is 12.8 Å². The van der Waals surface area contributed by atoms with E-state index in [1.807, 2.05) is 45.9 Å². The Kier molecular flexibility index (Phi) is 12.4. The molecule has 0 saturated carbocycles. The molecule has 1 rings (SSSR count). The van der Waals surface area contributed by atoms with Gasteiger partial charge in [-0.05, 0) is 63.5 Å². The van der Waals surface area contributed by atoms with Crippen molar-refractivity contribution >= 4 is 33.5 Å². The number of carboxylic acids is 1. The molecule has 1 aromatic carbocycles. The van der Waals surface area contributed by atoms with Crippen molar-refractivity contribution in [2.24, 2.45) is 10.8 Å². The lowest BCUT2D eigenvalue weighted by Crippen LogP contribution is -2.29. The van der Waals surface area contributed by atoms with Crippen molar-refractivity contribution in [2.45, 2.75) is 66.2 Å². The molecule has 0 saturated heterocycles. The van der Waals surface area contributed by atoms with Crippen molar-refractivity contribution in [3.05, 3.63) is 30.3 Å². The largest absolute Gasteiger partial charge is 0.481 e. The normalized spacial score (nSPS) is 14.0. The third kappa shape index (κ3) is 12.5. The maximum Gasteiger partial charge on any atom is 0.316 e. The fourth-order valence-corrected chi connectivity index (χ4v) is 5.76. The van der Waals surface area contributed by atoms with E-state index in [4.69, 9.17) is 9.84 Å². The maximum atomic E-state index is 12.4. The molecule has 0 aromatic heterocycles. The Balaban J connectivity index is 2.20. The van der Waals surface area contributed by atoms with Crippen molar-refractivity contribution in [1.29, 1.82) is 0 Å². The minimum atomic E-state index is -1.00. The van der Waals surface area contributed by atoms with Crippen LogP contribution in [0.5, 0.6) is 5.75 Å². The molecular formula is C24H38O6S2.